The smallest absolute Gasteiger partial charge is 0.398 e. The van der Waals surface area contributed by atoms with Gasteiger partial charge in [0.2, 0.25) is 0 Å². The van der Waals surface area contributed by atoms with E-state index in [0.29, 0.717) is 6.08 Å². The molecule has 1 aliphatic heterocycles. The van der Waals surface area contributed by atoms with Gasteiger partial charge in [-0.2, -0.15) is 13.8 Å². The monoisotopic (exact) mass is 321 g/mol. The van der Waals surface area contributed by atoms with E-state index >= 15 is 0 Å². The van der Waals surface area contributed by atoms with Crippen LogP contribution in [0, 0.1) is 23.5 Å². The van der Waals surface area contributed by atoms with Gasteiger partial charge >= 0.3 is 7.12 Å². The molecule has 22 heavy (non-hydrogen) atoms. The summed E-state index contributed by atoms with van der Waals surface area (Å²) in [5.74, 6) is -7.34. The summed E-state index contributed by atoms with van der Waals surface area (Å²) in [5.41, 5.74) is -4.21. The molecule has 0 amide bonds. The minimum atomic E-state index is -1.87. The number of rotatable bonds is 2. The molecule has 0 unspecified atom stereocenters. The second-order valence-corrected chi connectivity index (χ2v) is 5.85. The predicted molar refractivity (Wildman–Crippen MR) is 69.2 cm³/mol. The lowest BCUT2D eigenvalue weighted by atomic mass is 9.87. The summed E-state index contributed by atoms with van der Waals surface area (Å²) in [6.07, 6.45) is 0.292. The maximum atomic E-state index is 14.1. The summed E-state index contributed by atoms with van der Waals surface area (Å²) in [6, 6.07) is 0. The first kappa shape index (κ1) is 16.9. The molecule has 0 spiro atoms. The molecular formula is C13H13BF5NO2. The van der Waals surface area contributed by atoms with E-state index in [2.05, 4.69) is 4.98 Å². The number of nitrogens with zero attached hydrogens (tertiary/aromatic N) is 1. The van der Waals surface area contributed by atoms with Crippen molar-refractivity contribution >= 4 is 13.2 Å². The van der Waals surface area contributed by atoms with Gasteiger partial charge in [-0.25, -0.2) is 13.2 Å². The van der Waals surface area contributed by atoms with Crippen LogP contribution in [0.4, 0.5) is 22.0 Å². The molecule has 0 saturated carbocycles. The van der Waals surface area contributed by atoms with E-state index in [9.17, 15) is 22.0 Å². The fourth-order valence-corrected chi connectivity index (χ4v) is 1.79. The summed E-state index contributed by atoms with van der Waals surface area (Å²) in [6.45, 7) is 6.58. The van der Waals surface area contributed by atoms with Gasteiger partial charge in [0.25, 0.3) is 11.9 Å². The number of pyridine rings is 1. The Kier molecular flexibility index (Phi) is 4.08. The van der Waals surface area contributed by atoms with E-state index in [1.165, 1.54) is 0 Å². The van der Waals surface area contributed by atoms with Crippen LogP contribution >= 0.6 is 0 Å². The molecule has 2 rings (SSSR count). The first-order valence-electron chi connectivity index (χ1n) is 6.39. The highest BCUT2D eigenvalue weighted by Gasteiger charge is 2.53. The Bertz CT molecular complexity index is 606. The zero-order valence-corrected chi connectivity index (χ0v) is 12.3. The van der Waals surface area contributed by atoms with Gasteiger partial charge in [-0.05, 0) is 33.8 Å². The van der Waals surface area contributed by atoms with Crippen molar-refractivity contribution in [2.24, 2.45) is 0 Å². The largest absolute Gasteiger partial charge is 0.525 e. The van der Waals surface area contributed by atoms with Crippen LogP contribution in [0.25, 0.3) is 6.08 Å². The molecule has 9 heteroatoms. The second-order valence-electron chi connectivity index (χ2n) is 5.85. The number of hydrogen-bond donors (Lipinski definition) is 0. The summed E-state index contributed by atoms with van der Waals surface area (Å²) >= 11 is 0. The van der Waals surface area contributed by atoms with Crippen molar-refractivity contribution in [3.63, 3.8) is 0 Å². The molecule has 1 fully saturated rings. The van der Waals surface area contributed by atoms with E-state index in [0.717, 1.165) is 0 Å². The van der Waals surface area contributed by atoms with E-state index < -0.39 is 53.1 Å². The van der Waals surface area contributed by atoms with E-state index in [4.69, 9.17) is 9.31 Å². The summed E-state index contributed by atoms with van der Waals surface area (Å²) in [5, 5.41) is 0. The van der Waals surface area contributed by atoms with Gasteiger partial charge in [0.05, 0.1) is 16.8 Å². The maximum absolute atomic E-state index is 14.1. The molecule has 3 nitrogen and oxygen atoms in total. The SMILES string of the molecule is CC1(C)OB(C(F)=Cc2c(F)c(F)nc(F)c2F)OC1(C)C. The van der Waals surface area contributed by atoms with E-state index in [1.807, 2.05) is 0 Å². The van der Waals surface area contributed by atoms with Crippen LogP contribution in [0.15, 0.2) is 5.73 Å². The van der Waals surface area contributed by atoms with Crippen molar-refractivity contribution in [2.75, 3.05) is 0 Å². The number of aromatic nitrogens is 1. The minimum Gasteiger partial charge on any atom is -0.398 e. The zero-order chi connectivity index (χ0) is 16.9. The van der Waals surface area contributed by atoms with Crippen molar-refractivity contribution in [2.45, 2.75) is 38.9 Å². The topological polar surface area (TPSA) is 31.4 Å². The van der Waals surface area contributed by atoms with E-state index in [-0.39, 0.29) is 0 Å². The maximum Gasteiger partial charge on any atom is 0.525 e. The molecule has 1 aromatic rings. The normalized spacial score (nSPS) is 20.6. The molecule has 0 radical (unpaired) electrons. The number of halogens is 5. The fourth-order valence-electron chi connectivity index (χ4n) is 1.79. The molecule has 1 aliphatic rings. The molecule has 0 atom stereocenters. The van der Waals surface area contributed by atoms with Crippen LogP contribution in [-0.4, -0.2) is 23.3 Å². The average Bonchev–Trinajstić information content (AvgIpc) is 2.61. The molecule has 1 aromatic heterocycles. The highest BCUT2D eigenvalue weighted by molar-refractivity contribution is 6.54. The molecular weight excluding hydrogens is 308 g/mol. The standard InChI is InChI=1S/C13H13BF5NO2/c1-12(2)13(3,4)22-14(21-12)7(15)5-6-8(16)10(18)20-11(19)9(6)17/h5H,1-4H3. The van der Waals surface area contributed by atoms with Gasteiger partial charge in [-0.3, -0.25) is 0 Å². The predicted octanol–water partition coefficient (Wildman–Crippen LogP) is 3.58. The lowest BCUT2D eigenvalue weighted by Gasteiger charge is -2.32. The molecule has 0 aromatic carbocycles. The molecule has 2 heterocycles. The summed E-state index contributed by atoms with van der Waals surface area (Å²) in [7, 11) is -1.54. The van der Waals surface area contributed by atoms with Gasteiger partial charge in [-0.1, -0.05) is 0 Å². The molecule has 1 saturated heterocycles. The second kappa shape index (κ2) is 5.31. The Morgan fingerprint density at radius 2 is 1.36 bits per heavy atom. The lowest BCUT2D eigenvalue weighted by Crippen LogP contribution is -2.41. The van der Waals surface area contributed by atoms with Crippen LogP contribution in [-0.2, 0) is 9.31 Å². The highest BCUT2D eigenvalue weighted by atomic mass is 19.2. The van der Waals surface area contributed by atoms with Gasteiger partial charge in [0.15, 0.2) is 11.6 Å². The summed E-state index contributed by atoms with van der Waals surface area (Å²) < 4.78 is 77.7. The first-order chi connectivity index (χ1) is 9.96. The van der Waals surface area contributed by atoms with Gasteiger partial charge in [0, 0.05) is 0 Å². The summed E-state index contributed by atoms with van der Waals surface area (Å²) in [4.78, 5) is 2.39. The third-order valence-electron chi connectivity index (χ3n) is 3.79. The van der Waals surface area contributed by atoms with Crippen molar-refractivity contribution in [1.29, 1.82) is 0 Å². The van der Waals surface area contributed by atoms with Crippen molar-refractivity contribution < 1.29 is 31.3 Å². The Morgan fingerprint density at radius 1 is 0.955 bits per heavy atom. The molecule has 120 valence electrons. The van der Waals surface area contributed by atoms with Gasteiger partial charge < -0.3 is 9.31 Å². The Balaban J connectivity index is 2.40. The quantitative estimate of drug-likeness (QED) is 0.474. The number of hydrogen-bond acceptors (Lipinski definition) is 3. The van der Waals surface area contributed by atoms with Crippen LogP contribution in [0.1, 0.15) is 33.3 Å². The van der Waals surface area contributed by atoms with Crippen LogP contribution in [0.5, 0.6) is 0 Å². The minimum absolute atomic E-state index is 0.292. The first-order valence-corrected chi connectivity index (χ1v) is 6.39. The van der Waals surface area contributed by atoms with Crippen LogP contribution < -0.4 is 0 Å². The van der Waals surface area contributed by atoms with Gasteiger partial charge in [0.1, 0.15) is 5.73 Å². The zero-order valence-electron chi connectivity index (χ0n) is 12.3. The van der Waals surface area contributed by atoms with Crippen molar-refractivity contribution in [1.82, 2.24) is 4.98 Å². The van der Waals surface area contributed by atoms with Crippen molar-refractivity contribution in [3.05, 3.63) is 34.8 Å². The van der Waals surface area contributed by atoms with Crippen LogP contribution in [0.2, 0.25) is 0 Å². The van der Waals surface area contributed by atoms with Gasteiger partial charge in [-0.15, -0.1) is 0 Å². The fraction of sp³-hybridized carbons (Fsp3) is 0.462. The Hall–Kier alpha value is -1.48. The third kappa shape index (κ3) is 2.75. The van der Waals surface area contributed by atoms with Crippen molar-refractivity contribution in [3.8, 4) is 0 Å². The highest BCUT2D eigenvalue weighted by Crippen LogP contribution is 2.39. The molecule has 0 N–H and O–H groups in total. The lowest BCUT2D eigenvalue weighted by molar-refractivity contribution is 0.00578. The molecule has 0 aliphatic carbocycles. The Labute approximate surface area is 124 Å². The van der Waals surface area contributed by atoms with E-state index in [1.54, 1.807) is 27.7 Å². The Morgan fingerprint density at radius 3 is 1.77 bits per heavy atom. The average molecular weight is 321 g/mol. The third-order valence-corrected chi connectivity index (χ3v) is 3.79. The molecule has 0 bridgehead atoms. The van der Waals surface area contributed by atoms with Crippen LogP contribution in [0.3, 0.4) is 0 Å².